The minimum Gasteiger partial charge on any atom is -0.351 e. The molecule has 0 saturated carbocycles. The fourth-order valence-electron chi connectivity index (χ4n) is 3.07. The van der Waals surface area contributed by atoms with E-state index in [9.17, 15) is 9.18 Å². The molecular weight excluding hydrogens is 291 g/mol. The quantitative estimate of drug-likeness (QED) is 0.926. The molecule has 1 fully saturated rings. The number of nitrogens with one attached hydrogen (secondary N) is 1. The predicted molar refractivity (Wildman–Crippen MR) is 83.1 cm³/mol. The van der Waals surface area contributed by atoms with E-state index in [1.807, 2.05) is 0 Å². The van der Waals surface area contributed by atoms with Crippen LogP contribution in [0.5, 0.6) is 0 Å². The van der Waals surface area contributed by atoms with Crippen molar-refractivity contribution in [3.8, 4) is 0 Å². The van der Waals surface area contributed by atoms with Gasteiger partial charge in [0.15, 0.2) is 0 Å². The molecule has 0 radical (unpaired) electrons. The number of nitrogens with zero attached hydrogens (tertiary/aromatic N) is 1. The maximum absolute atomic E-state index is 13.6. The minimum atomic E-state index is -0.544. The average Bonchev–Trinajstić information content (AvgIpc) is 2.40. The van der Waals surface area contributed by atoms with Crippen LogP contribution < -0.4 is 5.32 Å². The van der Waals surface area contributed by atoms with E-state index in [-0.39, 0.29) is 5.56 Å². The lowest BCUT2D eigenvalue weighted by molar-refractivity contribution is 0.0932. The van der Waals surface area contributed by atoms with E-state index in [4.69, 9.17) is 11.6 Å². The van der Waals surface area contributed by atoms with Gasteiger partial charge in [0.2, 0.25) is 0 Å². The first-order valence-corrected chi connectivity index (χ1v) is 7.79. The fourth-order valence-corrected chi connectivity index (χ4v) is 3.24. The minimum absolute atomic E-state index is 0.00267. The molecule has 1 amide bonds. The zero-order valence-corrected chi connectivity index (χ0v) is 13.3. The van der Waals surface area contributed by atoms with Gasteiger partial charge in [-0.1, -0.05) is 25.4 Å². The zero-order valence-electron chi connectivity index (χ0n) is 12.5. The van der Waals surface area contributed by atoms with Crippen molar-refractivity contribution in [1.82, 2.24) is 10.2 Å². The van der Waals surface area contributed by atoms with Crippen LogP contribution in [0.3, 0.4) is 0 Å². The Morgan fingerprint density at radius 2 is 2.05 bits per heavy atom. The summed E-state index contributed by atoms with van der Waals surface area (Å²) in [6, 6.07) is 4.01. The van der Waals surface area contributed by atoms with Crippen LogP contribution in [0.25, 0.3) is 0 Å². The molecule has 1 aliphatic heterocycles. The summed E-state index contributed by atoms with van der Waals surface area (Å²) in [6.45, 7) is 7.94. The Kier molecular flexibility index (Phi) is 5.59. The third-order valence-electron chi connectivity index (χ3n) is 3.83. The molecule has 1 heterocycles. The van der Waals surface area contributed by atoms with Crippen molar-refractivity contribution in [2.24, 2.45) is 11.8 Å². The lowest BCUT2D eigenvalue weighted by Crippen LogP contribution is -2.42. The normalized spacial score (nSPS) is 23.0. The molecule has 2 rings (SSSR count). The molecule has 0 unspecified atom stereocenters. The molecule has 0 aliphatic carbocycles. The van der Waals surface area contributed by atoms with Crippen molar-refractivity contribution in [3.05, 3.63) is 34.6 Å². The molecule has 3 nitrogen and oxygen atoms in total. The predicted octanol–water partition coefficient (Wildman–Crippen LogP) is 3.19. The Balaban J connectivity index is 1.83. The summed E-state index contributed by atoms with van der Waals surface area (Å²) < 4.78 is 13.6. The van der Waals surface area contributed by atoms with Gasteiger partial charge in [0.25, 0.3) is 5.91 Å². The summed E-state index contributed by atoms with van der Waals surface area (Å²) in [7, 11) is 0. The molecule has 1 aromatic carbocycles. The molecule has 1 aromatic rings. The maximum atomic E-state index is 13.6. The van der Waals surface area contributed by atoms with Gasteiger partial charge >= 0.3 is 0 Å². The number of likely N-dealkylation sites (tertiary alicyclic amines) is 1. The van der Waals surface area contributed by atoms with E-state index in [1.165, 1.54) is 24.6 Å². The van der Waals surface area contributed by atoms with E-state index in [0.717, 1.165) is 19.6 Å². The van der Waals surface area contributed by atoms with Crippen LogP contribution in [-0.2, 0) is 0 Å². The first-order chi connectivity index (χ1) is 9.95. The van der Waals surface area contributed by atoms with E-state index >= 15 is 0 Å². The molecule has 1 N–H and O–H groups in total. The molecule has 0 aromatic heterocycles. The van der Waals surface area contributed by atoms with Crippen molar-refractivity contribution >= 4 is 17.5 Å². The van der Waals surface area contributed by atoms with Gasteiger partial charge in [-0.2, -0.15) is 0 Å². The second kappa shape index (κ2) is 7.23. The molecule has 2 atom stereocenters. The molecule has 116 valence electrons. The van der Waals surface area contributed by atoms with Crippen molar-refractivity contribution < 1.29 is 9.18 Å². The highest BCUT2D eigenvalue weighted by atomic mass is 35.5. The van der Waals surface area contributed by atoms with E-state index in [0.29, 0.717) is 23.4 Å². The van der Waals surface area contributed by atoms with Gasteiger partial charge in [0, 0.05) is 31.2 Å². The fraction of sp³-hybridized carbons (Fsp3) is 0.562. The summed E-state index contributed by atoms with van der Waals surface area (Å²) in [5, 5.41) is 3.13. The van der Waals surface area contributed by atoms with Crippen LogP contribution in [0.2, 0.25) is 5.02 Å². The summed E-state index contributed by atoms with van der Waals surface area (Å²) in [5.74, 6) is 0.426. The van der Waals surface area contributed by atoms with Crippen molar-refractivity contribution in [2.45, 2.75) is 20.3 Å². The molecular formula is C16H22ClFN2O. The van der Waals surface area contributed by atoms with Crippen LogP contribution >= 0.6 is 11.6 Å². The van der Waals surface area contributed by atoms with Gasteiger partial charge in [-0.25, -0.2) is 4.39 Å². The largest absolute Gasteiger partial charge is 0.351 e. The SMILES string of the molecule is C[C@@H]1C[C@@H](C)CN(CCNC(=O)c2cc(Cl)ccc2F)C1. The summed E-state index contributed by atoms with van der Waals surface area (Å²) in [5.41, 5.74) is 0.00267. The van der Waals surface area contributed by atoms with Gasteiger partial charge in [0.1, 0.15) is 5.82 Å². The van der Waals surface area contributed by atoms with Crippen molar-refractivity contribution in [2.75, 3.05) is 26.2 Å². The second-order valence-electron chi connectivity index (χ2n) is 6.09. The van der Waals surface area contributed by atoms with Gasteiger partial charge in [-0.3, -0.25) is 4.79 Å². The first-order valence-electron chi connectivity index (χ1n) is 7.41. The molecule has 1 saturated heterocycles. The second-order valence-corrected chi connectivity index (χ2v) is 6.52. The van der Waals surface area contributed by atoms with E-state index in [1.54, 1.807) is 0 Å². The number of benzene rings is 1. The van der Waals surface area contributed by atoms with Crippen LogP contribution in [-0.4, -0.2) is 37.0 Å². The number of hydrogen-bond acceptors (Lipinski definition) is 2. The first kappa shape index (κ1) is 16.2. The topological polar surface area (TPSA) is 32.3 Å². The van der Waals surface area contributed by atoms with E-state index < -0.39 is 11.7 Å². The zero-order chi connectivity index (χ0) is 15.4. The van der Waals surface area contributed by atoms with Gasteiger partial charge < -0.3 is 10.2 Å². The summed E-state index contributed by atoms with van der Waals surface area (Å²) in [6.07, 6.45) is 1.26. The molecule has 1 aliphatic rings. The molecule has 0 bridgehead atoms. The average molecular weight is 313 g/mol. The van der Waals surface area contributed by atoms with Crippen LogP contribution in [0.4, 0.5) is 4.39 Å². The van der Waals surface area contributed by atoms with Crippen molar-refractivity contribution in [3.63, 3.8) is 0 Å². The standard InChI is InChI=1S/C16H22ClFN2O/c1-11-7-12(2)10-20(9-11)6-5-19-16(21)14-8-13(17)3-4-15(14)18/h3-4,8,11-12H,5-7,9-10H2,1-2H3,(H,19,21)/t11-,12-/m1/s1. The highest BCUT2D eigenvalue weighted by Gasteiger charge is 2.21. The van der Waals surface area contributed by atoms with Gasteiger partial charge in [-0.15, -0.1) is 0 Å². The Bertz CT molecular complexity index is 499. The highest BCUT2D eigenvalue weighted by molar-refractivity contribution is 6.30. The highest BCUT2D eigenvalue weighted by Crippen LogP contribution is 2.20. The lowest BCUT2D eigenvalue weighted by atomic mass is 9.92. The number of halogens is 2. The third kappa shape index (κ3) is 4.68. The number of piperidine rings is 1. The Hall–Kier alpha value is -1.13. The van der Waals surface area contributed by atoms with Crippen LogP contribution in [0, 0.1) is 17.7 Å². The molecule has 0 spiro atoms. The van der Waals surface area contributed by atoms with Gasteiger partial charge in [0.05, 0.1) is 5.56 Å². The van der Waals surface area contributed by atoms with E-state index in [2.05, 4.69) is 24.1 Å². The van der Waals surface area contributed by atoms with Crippen molar-refractivity contribution in [1.29, 1.82) is 0 Å². The molecule has 5 heteroatoms. The smallest absolute Gasteiger partial charge is 0.254 e. The maximum Gasteiger partial charge on any atom is 0.254 e. The number of amides is 1. The number of hydrogen-bond donors (Lipinski definition) is 1. The Morgan fingerprint density at radius 3 is 2.71 bits per heavy atom. The Morgan fingerprint density at radius 1 is 1.38 bits per heavy atom. The number of carbonyl (C=O) groups is 1. The van der Waals surface area contributed by atoms with Crippen LogP contribution in [0.1, 0.15) is 30.6 Å². The summed E-state index contributed by atoms with van der Waals surface area (Å²) >= 11 is 5.79. The number of rotatable bonds is 4. The lowest BCUT2D eigenvalue weighted by Gasteiger charge is -2.34. The molecule has 21 heavy (non-hydrogen) atoms. The van der Waals surface area contributed by atoms with Gasteiger partial charge in [-0.05, 0) is 36.5 Å². The Labute approximate surface area is 130 Å². The summed E-state index contributed by atoms with van der Waals surface area (Å²) in [4.78, 5) is 14.3. The number of carbonyl (C=O) groups excluding carboxylic acids is 1. The van der Waals surface area contributed by atoms with Crippen LogP contribution in [0.15, 0.2) is 18.2 Å². The third-order valence-corrected chi connectivity index (χ3v) is 4.07. The monoisotopic (exact) mass is 312 g/mol.